The molecule has 6 rings (SSSR count). The maximum Gasteiger partial charge on any atom is 0.238 e. The molecule has 1 atom stereocenters. The number of carbonyl (C=O) groups excluding carboxylic acids is 1. The maximum absolute atomic E-state index is 13.2. The van der Waals surface area contributed by atoms with Gasteiger partial charge in [0.05, 0.1) is 23.3 Å². The average Bonchev–Trinajstić information content (AvgIpc) is 3.69. The third-order valence-electron chi connectivity index (χ3n) is 6.12. The van der Waals surface area contributed by atoms with Crippen LogP contribution in [0.2, 0.25) is 0 Å². The van der Waals surface area contributed by atoms with Gasteiger partial charge in [-0.15, -0.1) is 11.3 Å². The van der Waals surface area contributed by atoms with E-state index >= 15 is 0 Å². The number of furan rings is 2. The Hall–Kier alpha value is -4.00. The summed E-state index contributed by atoms with van der Waals surface area (Å²) in [6, 6.07) is 17.8. The second-order valence-electron chi connectivity index (χ2n) is 8.35. The first-order chi connectivity index (χ1) is 17.6. The Morgan fingerprint density at radius 1 is 1.14 bits per heavy atom. The fraction of sp³-hybridized carbons (Fsp3) is 0.148. The van der Waals surface area contributed by atoms with Crippen LogP contribution in [-0.4, -0.2) is 21.1 Å². The number of thiophene rings is 1. The van der Waals surface area contributed by atoms with Crippen LogP contribution in [0.25, 0.3) is 33.3 Å². The van der Waals surface area contributed by atoms with Crippen molar-refractivity contribution >= 4 is 34.0 Å². The van der Waals surface area contributed by atoms with Gasteiger partial charge in [-0.3, -0.25) is 4.79 Å². The number of carbonyl (C=O) groups is 1. The Bertz CT molecular complexity index is 1540. The number of hydrogen-bond donors (Lipinski definition) is 2. The highest BCUT2D eigenvalue weighted by Crippen LogP contribution is 2.45. The number of aryl methyl sites for hydroxylation is 1. The Morgan fingerprint density at radius 2 is 1.92 bits per heavy atom. The van der Waals surface area contributed by atoms with E-state index in [1.54, 1.807) is 24.7 Å². The zero-order chi connectivity index (χ0) is 24.6. The van der Waals surface area contributed by atoms with Crippen molar-refractivity contribution in [1.82, 2.24) is 9.97 Å². The summed E-state index contributed by atoms with van der Waals surface area (Å²) in [7, 11) is 0. The number of fused-ring (bicyclic) bond motifs is 3. The number of hydrogen-bond acceptors (Lipinski definition) is 7. The molecule has 2 N–H and O–H groups in total. The molecule has 7 nitrogen and oxygen atoms in total. The first-order valence-electron chi connectivity index (χ1n) is 11.4. The van der Waals surface area contributed by atoms with Gasteiger partial charge in [-0.05, 0) is 60.7 Å². The van der Waals surface area contributed by atoms with Crippen molar-refractivity contribution in [3.63, 3.8) is 0 Å². The van der Waals surface area contributed by atoms with Crippen molar-refractivity contribution < 1.29 is 13.6 Å². The van der Waals surface area contributed by atoms with Crippen molar-refractivity contribution in [2.45, 2.75) is 30.2 Å². The van der Waals surface area contributed by atoms with Crippen LogP contribution in [-0.2, 0) is 17.6 Å². The minimum Gasteiger partial charge on any atom is -0.463 e. The van der Waals surface area contributed by atoms with Gasteiger partial charge in [0.25, 0.3) is 0 Å². The smallest absolute Gasteiger partial charge is 0.238 e. The standard InChI is InChI=1S/C27H20N4O3S2/c1-15(35-27-29-22(20-8-4-12-33-20)23(30-27)21-9-5-13-34-21)25(32)31-26-19(14-28)18-11-10-16-6-2-3-7-17(16)24(18)36-26/h2-9,12-13,15H,10-11H2,1H3,(H,29,30)(H,31,32). The molecule has 1 aromatic carbocycles. The number of nitrogens with zero attached hydrogens (tertiary/aromatic N) is 2. The van der Waals surface area contributed by atoms with E-state index in [0.717, 1.165) is 28.8 Å². The van der Waals surface area contributed by atoms with Crippen molar-refractivity contribution in [2.24, 2.45) is 0 Å². The lowest BCUT2D eigenvalue weighted by atomic mass is 9.90. The molecule has 1 unspecified atom stereocenters. The number of rotatable bonds is 6. The van der Waals surface area contributed by atoms with E-state index in [9.17, 15) is 10.1 Å². The van der Waals surface area contributed by atoms with Crippen LogP contribution in [0.15, 0.2) is 75.0 Å². The lowest BCUT2D eigenvalue weighted by molar-refractivity contribution is -0.115. The Morgan fingerprint density at radius 3 is 2.67 bits per heavy atom. The topological polar surface area (TPSA) is 108 Å². The lowest BCUT2D eigenvalue weighted by Crippen LogP contribution is -2.22. The van der Waals surface area contributed by atoms with E-state index in [0.29, 0.717) is 38.6 Å². The molecule has 0 saturated carbocycles. The number of aromatic amines is 1. The van der Waals surface area contributed by atoms with E-state index in [-0.39, 0.29) is 5.91 Å². The molecule has 5 aromatic rings. The third-order valence-corrected chi connectivity index (χ3v) is 8.29. The molecule has 1 aliphatic carbocycles. The number of anilines is 1. The monoisotopic (exact) mass is 512 g/mol. The van der Waals surface area contributed by atoms with E-state index in [1.807, 2.05) is 31.2 Å². The van der Waals surface area contributed by atoms with Crippen LogP contribution in [0, 0.1) is 11.3 Å². The SMILES string of the molecule is CC(Sc1nc(-c2ccco2)c(-c2ccco2)[nH]1)C(=O)Nc1sc2c(c1C#N)CCc1ccccc1-2. The van der Waals surface area contributed by atoms with Crippen molar-refractivity contribution in [3.05, 3.63) is 77.7 Å². The Kier molecular flexibility index (Phi) is 5.76. The van der Waals surface area contributed by atoms with Gasteiger partial charge in [0.2, 0.25) is 5.91 Å². The lowest BCUT2D eigenvalue weighted by Gasteiger charge is -2.15. The summed E-state index contributed by atoms with van der Waals surface area (Å²) in [6.45, 7) is 1.82. The summed E-state index contributed by atoms with van der Waals surface area (Å²) >= 11 is 2.77. The van der Waals surface area contributed by atoms with E-state index in [1.165, 1.54) is 28.7 Å². The molecule has 0 fully saturated rings. The first kappa shape index (κ1) is 22.5. The summed E-state index contributed by atoms with van der Waals surface area (Å²) < 4.78 is 11.1. The number of H-pyrrole nitrogens is 1. The van der Waals surface area contributed by atoms with Gasteiger partial charge in [-0.2, -0.15) is 5.26 Å². The molecule has 1 aliphatic rings. The second-order valence-corrected chi connectivity index (χ2v) is 10.7. The summed E-state index contributed by atoms with van der Waals surface area (Å²) in [6.07, 6.45) is 4.87. The number of nitriles is 1. The molecular formula is C27H20N4O3S2. The third kappa shape index (κ3) is 3.94. The number of imidazole rings is 1. The number of aromatic nitrogens is 2. The first-order valence-corrected chi connectivity index (χ1v) is 13.1. The van der Waals surface area contributed by atoms with Gasteiger partial charge in [0.1, 0.15) is 22.5 Å². The molecule has 1 amide bonds. The van der Waals surface area contributed by atoms with E-state index in [4.69, 9.17) is 8.83 Å². The number of thioether (sulfide) groups is 1. The van der Waals surface area contributed by atoms with E-state index in [2.05, 4.69) is 33.5 Å². The summed E-state index contributed by atoms with van der Waals surface area (Å²) in [5, 5.41) is 13.6. The zero-order valence-electron chi connectivity index (χ0n) is 19.2. The normalized spacial score (nSPS) is 13.0. The van der Waals surface area contributed by atoms with Crippen LogP contribution in [0.3, 0.4) is 0 Å². The minimum absolute atomic E-state index is 0.195. The van der Waals surface area contributed by atoms with Crippen LogP contribution in [0.5, 0.6) is 0 Å². The van der Waals surface area contributed by atoms with Crippen molar-refractivity contribution in [3.8, 4) is 39.4 Å². The molecule has 4 heterocycles. The number of amides is 1. The zero-order valence-corrected chi connectivity index (χ0v) is 20.8. The highest BCUT2D eigenvalue weighted by atomic mass is 32.2. The molecule has 36 heavy (non-hydrogen) atoms. The van der Waals surface area contributed by atoms with Gasteiger partial charge >= 0.3 is 0 Å². The van der Waals surface area contributed by atoms with Crippen LogP contribution in [0.1, 0.15) is 23.6 Å². The fourth-order valence-corrected chi connectivity index (χ4v) is 6.45. The average molecular weight is 513 g/mol. The second kappa shape index (κ2) is 9.22. The molecule has 0 radical (unpaired) electrons. The van der Waals surface area contributed by atoms with Gasteiger partial charge in [-0.1, -0.05) is 36.0 Å². The van der Waals surface area contributed by atoms with Gasteiger partial charge in [0, 0.05) is 4.88 Å². The largest absolute Gasteiger partial charge is 0.463 e. The molecule has 0 aliphatic heterocycles. The van der Waals surface area contributed by atoms with Gasteiger partial charge in [-0.25, -0.2) is 4.98 Å². The predicted molar refractivity (Wildman–Crippen MR) is 140 cm³/mol. The van der Waals surface area contributed by atoms with Crippen molar-refractivity contribution in [2.75, 3.05) is 5.32 Å². The Labute approximate surface area is 215 Å². The molecule has 178 valence electrons. The quantitative estimate of drug-likeness (QED) is 0.244. The maximum atomic E-state index is 13.2. The predicted octanol–water partition coefficient (Wildman–Crippen LogP) is 6.75. The molecular weight excluding hydrogens is 492 g/mol. The summed E-state index contributed by atoms with van der Waals surface area (Å²) in [5.41, 5.74) is 5.30. The molecule has 0 spiro atoms. The van der Waals surface area contributed by atoms with Crippen LogP contribution < -0.4 is 5.32 Å². The van der Waals surface area contributed by atoms with Crippen LogP contribution >= 0.6 is 23.1 Å². The van der Waals surface area contributed by atoms with Gasteiger partial charge < -0.3 is 19.1 Å². The summed E-state index contributed by atoms with van der Waals surface area (Å²) in [4.78, 5) is 22.2. The fourth-order valence-electron chi connectivity index (χ4n) is 4.38. The van der Waals surface area contributed by atoms with Crippen LogP contribution in [0.4, 0.5) is 5.00 Å². The summed E-state index contributed by atoms with van der Waals surface area (Å²) in [5.74, 6) is 1.03. The number of nitrogens with one attached hydrogen (secondary N) is 2. The van der Waals surface area contributed by atoms with E-state index < -0.39 is 5.25 Å². The molecule has 4 aromatic heterocycles. The molecule has 0 bridgehead atoms. The highest BCUT2D eigenvalue weighted by Gasteiger charge is 2.27. The minimum atomic E-state index is -0.469. The van der Waals surface area contributed by atoms with Gasteiger partial charge in [0.15, 0.2) is 16.7 Å². The molecule has 9 heteroatoms. The number of benzene rings is 1. The molecule has 0 saturated heterocycles. The van der Waals surface area contributed by atoms with Crippen molar-refractivity contribution in [1.29, 1.82) is 5.26 Å². The highest BCUT2D eigenvalue weighted by molar-refractivity contribution is 8.00. The Balaban J connectivity index is 1.25.